The molecule has 0 saturated carbocycles. The molecule has 0 radical (unpaired) electrons. The van der Waals surface area contributed by atoms with Crippen molar-refractivity contribution in [2.45, 2.75) is 19.4 Å². The summed E-state index contributed by atoms with van der Waals surface area (Å²) in [6.07, 6.45) is 3.93. The van der Waals surface area contributed by atoms with Crippen LogP contribution in [0.5, 0.6) is 0 Å². The number of nitrogens with zero attached hydrogens (tertiary/aromatic N) is 3. The van der Waals surface area contributed by atoms with E-state index in [2.05, 4.69) is 21.7 Å². The number of nitrogen functional groups attached to an aromatic ring is 1. The summed E-state index contributed by atoms with van der Waals surface area (Å²) in [7, 11) is 3.47. The number of likely N-dealkylation sites (tertiary alicyclic amines) is 1. The lowest BCUT2D eigenvalue weighted by molar-refractivity contribution is 0.0596. The van der Waals surface area contributed by atoms with E-state index in [1.165, 1.54) is 7.11 Å². The van der Waals surface area contributed by atoms with E-state index in [9.17, 15) is 4.79 Å². The summed E-state index contributed by atoms with van der Waals surface area (Å²) >= 11 is 0. The predicted molar refractivity (Wildman–Crippen MR) is 68.2 cm³/mol. The van der Waals surface area contributed by atoms with E-state index in [1.807, 2.05) is 4.57 Å². The number of nitrogens with two attached hydrogens (primary N) is 1. The third kappa shape index (κ3) is 2.64. The summed E-state index contributed by atoms with van der Waals surface area (Å²) in [5.74, 6) is 0.526. The van der Waals surface area contributed by atoms with E-state index in [4.69, 9.17) is 5.73 Å². The first-order chi connectivity index (χ1) is 8.61. The monoisotopic (exact) mass is 252 g/mol. The van der Waals surface area contributed by atoms with Crippen molar-refractivity contribution in [3.63, 3.8) is 0 Å². The van der Waals surface area contributed by atoms with Gasteiger partial charge in [-0.1, -0.05) is 0 Å². The lowest BCUT2D eigenvalue weighted by atomic mass is 9.97. The molecule has 0 unspecified atom stereocenters. The molecule has 1 aliphatic heterocycles. The number of carbonyl (C=O) groups is 1. The van der Waals surface area contributed by atoms with Crippen LogP contribution in [0.15, 0.2) is 6.33 Å². The number of rotatable bonds is 3. The van der Waals surface area contributed by atoms with Gasteiger partial charge in [0.05, 0.1) is 13.4 Å². The smallest absolute Gasteiger partial charge is 0.360 e. The minimum Gasteiger partial charge on any atom is -0.464 e. The average Bonchev–Trinajstić information content (AvgIpc) is 2.73. The standard InChI is InChI=1S/C12H20N4O2/c1-15-5-3-9(4-6-15)7-16-8-14-10(11(16)13)12(17)18-2/h8-9H,3-7,13H2,1-2H3. The molecular formula is C12H20N4O2. The van der Waals surface area contributed by atoms with Crippen LogP contribution in [0.25, 0.3) is 0 Å². The van der Waals surface area contributed by atoms with Gasteiger partial charge < -0.3 is 19.9 Å². The molecule has 1 aliphatic rings. The molecule has 18 heavy (non-hydrogen) atoms. The Labute approximate surface area is 107 Å². The van der Waals surface area contributed by atoms with Crippen LogP contribution in [-0.2, 0) is 11.3 Å². The molecule has 1 fully saturated rings. The van der Waals surface area contributed by atoms with Gasteiger partial charge in [-0.2, -0.15) is 0 Å². The molecule has 1 aromatic heterocycles. The van der Waals surface area contributed by atoms with Crippen molar-refractivity contribution in [3.05, 3.63) is 12.0 Å². The largest absolute Gasteiger partial charge is 0.464 e. The molecule has 0 aromatic carbocycles. The number of carbonyl (C=O) groups excluding carboxylic acids is 1. The second-order valence-electron chi connectivity index (χ2n) is 4.87. The lowest BCUT2D eigenvalue weighted by Gasteiger charge is -2.29. The maximum atomic E-state index is 11.4. The van der Waals surface area contributed by atoms with Crippen LogP contribution >= 0.6 is 0 Å². The first-order valence-corrected chi connectivity index (χ1v) is 6.19. The second-order valence-corrected chi connectivity index (χ2v) is 4.87. The molecular weight excluding hydrogens is 232 g/mol. The molecule has 2 rings (SSSR count). The van der Waals surface area contributed by atoms with Gasteiger partial charge in [-0.25, -0.2) is 9.78 Å². The van der Waals surface area contributed by atoms with Gasteiger partial charge in [-0.15, -0.1) is 0 Å². The first-order valence-electron chi connectivity index (χ1n) is 6.19. The van der Waals surface area contributed by atoms with Crippen molar-refractivity contribution in [2.75, 3.05) is 33.0 Å². The highest BCUT2D eigenvalue weighted by molar-refractivity contribution is 5.91. The number of methoxy groups -OCH3 is 1. The Balaban J connectivity index is 2.02. The Morgan fingerprint density at radius 1 is 1.56 bits per heavy atom. The highest BCUT2D eigenvalue weighted by Crippen LogP contribution is 2.20. The van der Waals surface area contributed by atoms with Gasteiger partial charge in [-0.05, 0) is 38.9 Å². The minimum atomic E-state index is -0.477. The van der Waals surface area contributed by atoms with Gasteiger partial charge in [0.2, 0.25) is 0 Å². The molecule has 0 spiro atoms. The third-order valence-corrected chi connectivity index (χ3v) is 3.55. The first kappa shape index (κ1) is 12.9. The number of ether oxygens (including phenoxy) is 1. The predicted octanol–water partition coefficient (Wildman–Crippen LogP) is 0.594. The molecule has 0 amide bonds. The summed E-state index contributed by atoms with van der Waals surface area (Å²) in [6, 6.07) is 0. The molecule has 0 atom stereocenters. The van der Waals surface area contributed by atoms with E-state index in [1.54, 1.807) is 6.33 Å². The third-order valence-electron chi connectivity index (χ3n) is 3.55. The Morgan fingerprint density at radius 2 is 2.22 bits per heavy atom. The number of aromatic nitrogens is 2. The second kappa shape index (κ2) is 5.39. The average molecular weight is 252 g/mol. The zero-order valence-corrected chi connectivity index (χ0v) is 10.9. The van der Waals surface area contributed by atoms with Crippen LogP contribution in [0.4, 0.5) is 5.82 Å². The maximum absolute atomic E-state index is 11.4. The van der Waals surface area contributed by atoms with E-state index in [0.29, 0.717) is 11.7 Å². The number of hydrogen-bond donors (Lipinski definition) is 1. The molecule has 0 aliphatic carbocycles. The summed E-state index contributed by atoms with van der Waals surface area (Å²) in [5.41, 5.74) is 6.13. The van der Waals surface area contributed by atoms with Crippen molar-refractivity contribution in [1.29, 1.82) is 0 Å². The molecule has 1 saturated heterocycles. The normalized spacial score (nSPS) is 17.9. The Hall–Kier alpha value is -1.56. The summed E-state index contributed by atoms with van der Waals surface area (Å²) < 4.78 is 6.48. The highest BCUT2D eigenvalue weighted by atomic mass is 16.5. The maximum Gasteiger partial charge on any atom is 0.360 e. The number of imidazole rings is 1. The molecule has 2 heterocycles. The zero-order chi connectivity index (χ0) is 13.1. The fraction of sp³-hybridized carbons (Fsp3) is 0.667. The number of anilines is 1. The van der Waals surface area contributed by atoms with Crippen LogP contribution in [0.2, 0.25) is 0 Å². The van der Waals surface area contributed by atoms with Gasteiger partial charge in [0, 0.05) is 6.54 Å². The lowest BCUT2D eigenvalue weighted by Crippen LogP contribution is -2.32. The van der Waals surface area contributed by atoms with Gasteiger partial charge in [0.15, 0.2) is 5.69 Å². The van der Waals surface area contributed by atoms with E-state index in [0.717, 1.165) is 32.5 Å². The summed E-state index contributed by atoms with van der Waals surface area (Å²) in [6.45, 7) is 3.05. The molecule has 1 aromatic rings. The van der Waals surface area contributed by atoms with Crippen LogP contribution in [-0.4, -0.2) is 47.7 Å². The van der Waals surface area contributed by atoms with Crippen LogP contribution in [0.3, 0.4) is 0 Å². The SMILES string of the molecule is COC(=O)c1ncn(CC2CCN(C)CC2)c1N. The van der Waals surface area contributed by atoms with Gasteiger partial charge >= 0.3 is 5.97 Å². The molecule has 2 N–H and O–H groups in total. The zero-order valence-electron chi connectivity index (χ0n) is 10.9. The quantitative estimate of drug-likeness (QED) is 0.797. The van der Waals surface area contributed by atoms with Crippen LogP contribution in [0, 0.1) is 5.92 Å². The summed E-state index contributed by atoms with van der Waals surface area (Å²) in [4.78, 5) is 17.7. The van der Waals surface area contributed by atoms with E-state index >= 15 is 0 Å². The van der Waals surface area contributed by atoms with Crippen molar-refractivity contribution < 1.29 is 9.53 Å². The van der Waals surface area contributed by atoms with Crippen molar-refractivity contribution in [3.8, 4) is 0 Å². The fourth-order valence-electron chi connectivity index (χ4n) is 2.31. The van der Waals surface area contributed by atoms with Crippen molar-refractivity contribution >= 4 is 11.8 Å². The number of piperidine rings is 1. The van der Waals surface area contributed by atoms with Gasteiger partial charge in [0.1, 0.15) is 5.82 Å². The van der Waals surface area contributed by atoms with Crippen LogP contribution < -0.4 is 5.73 Å². The Morgan fingerprint density at radius 3 is 2.83 bits per heavy atom. The Bertz CT molecular complexity index is 422. The van der Waals surface area contributed by atoms with Crippen molar-refractivity contribution in [1.82, 2.24) is 14.5 Å². The summed E-state index contributed by atoms with van der Waals surface area (Å²) in [5, 5.41) is 0. The van der Waals surface area contributed by atoms with Crippen molar-refractivity contribution in [2.24, 2.45) is 5.92 Å². The van der Waals surface area contributed by atoms with E-state index in [-0.39, 0.29) is 5.69 Å². The number of esters is 1. The minimum absolute atomic E-state index is 0.213. The molecule has 6 heteroatoms. The Kier molecular flexibility index (Phi) is 3.86. The molecule has 100 valence electrons. The molecule has 6 nitrogen and oxygen atoms in total. The topological polar surface area (TPSA) is 73.4 Å². The number of hydrogen-bond acceptors (Lipinski definition) is 5. The van der Waals surface area contributed by atoms with Gasteiger partial charge in [-0.3, -0.25) is 0 Å². The fourth-order valence-corrected chi connectivity index (χ4v) is 2.31. The van der Waals surface area contributed by atoms with Crippen LogP contribution in [0.1, 0.15) is 23.3 Å². The van der Waals surface area contributed by atoms with E-state index < -0.39 is 5.97 Å². The molecule has 0 bridgehead atoms. The highest BCUT2D eigenvalue weighted by Gasteiger charge is 2.20. The van der Waals surface area contributed by atoms with Gasteiger partial charge in [0.25, 0.3) is 0 Å².